The average molecular weight is 233 g/mol. The Morgan fingerprint density at radius 3 is 3.12 bits per heavy atom. The summed E-state index contributed by atoms with van der Waals surface area (Å²) in [7, 11) is 1.61. The molecule has 2 rings (SSSR count). The molecule has 0 unspecified atom stereocenters. The van der Waals surface area contributed by atoms with Crippen molar-refractivity contribution in [2.75, 3.05) is 19.0 Å². The molecule has 17 heavy (non-hydrogen) atoms. The summed E-state index contributed by atoms with van der Waals surface area (Å²) in [5, 5.41) is 3.22. The predicted molar refractivity (Wildman–Crippen MR) is 68.2 cm³/mol. The highest BCUT2D eigenvalue weighted by molar-refractivity contribution is 5.27. The molecule has 0 saturated carbocycles. The van der Waals surface area contributed by atoms with Crippen LogP contribution in [0.2, 0.25) is 0 Å². The van der Waals surface area contributed by atoms with E-state index in [9.17, 15) is 0 Å². The van der Waals surface area contributed by atoms with Crippen molar-refractivity contribution in [1.82, 2.24) is 9.97 Å². The Kier molecular flexibility index (Phi) is 4.36. The van der Waals surface area contributed by atoms with Crippen LogP contribution >= 0.6 is 0 Å². The van der Waals surface area contributed by atoms with Crippen LogP contribution < -0.4 is 10.1 Å². The first kappa shape index (κ1) is 11.9. The summed E-state index contributed by atoms with van der Waals surface area (Å²) in [6, 6.07) is 1.74. The number of rotatable bonds is 5. The lowest BCUT2D eigenvalue weighted by Gasteiger charge is -2.12. The van der Waals surface area contributed by atoms with Gasteiger partial charge in [-0.25, -0.2) is 4.98 Å². The molecule has 1 N–H and O–H groups in total. The molecule has 1 aliphatic rings. The molecule has 0 atom stereocenters. The number of ether oxygens (including phenoxy) is 1. The molecular formula is C13H19N3O. The van der Waals surface area contributed by atoms with Crippen LogP contribution in [0.4, 0.5) is 5.95 Å². The highest BCUT2D eigenvalue weighted by Crippen LogP contribution is 2.19. The maximum atomic E-state index is 5.05. The normalized spacial score (nSPS) is 15.2. The summed E-state index contributed by atoms with van der Waals surface area (Å²) >= 11 is 0. The van der Waals surface area contributed by atoms with Gasteiger partial charge in [-0.3, -0.25) is 0 Å². The summed E-state index contributed by atoms with van der Waals surface area (Å²) in [5.41, 5.74) is 1.56. The van der Waals surface area contributed by atoms with E-state index in [0.717, 1.165) is 13.0 Å². The van der Waals surface area contributed by atoms with E-state index in [2.05, 4.69) is 21.4 Å². The van der Waals surface area contributed by atoms with Crippen molar-refractivity contribution in [2.45, 2.75) is 32.1 Å². The lowest BCUT2D eigenvalue weighted by atomic mass is 9.97. The fourth-order valence-corrected chi connectivity index (χ4v) is 2.01. The Morgan fingerprint density at radius 1 is 1.41 bits per heavy atom. The molecule has 0 radical (unpaired) electrons. The van der Waals surface area contributed by atoms with Crippen molar-refractivity contribution in [1.29, 1.82) is 0 Å². The second kappa shape index (κ2) is 6.23. The molecule has 92 valence electrons. The Balaban J connectivity index is 1.79. The third-order valence-electron chi connectivity index (χ3n) is 2.95. The van der Waals surface area contributed by atoms with Crippen molar-refractivity contribution >= 4 is 5.95 Å². The highest BCUT2D eigenvalue weighted by Gasteiger charge is 2.04. The molecule has 4 nitrogen and oxygen atoms in total. The zero-order valence-electron chi connectivity index (χ0n) is 10.3. The Bertz CT molecular complexity index is 390. The first-order chi connectivity index (χ1) is 8.38. The van der Waals surface area contributed by atoms with Crippen LogP contribution in [0.3, 0.4) is 0 Å². The molecule has 1 aliphatic carbocycles. The van der Waals surface area contributed by atoms with E-state index in [0.29, 0.717) is 11.8 Å². The fourth-order valence-electron chi connectivity index (χ4n) is 2.01. The molecule has 0 spiro atoms. The first-order valence-corrected chi connectivity index (χ1v) is 6.17. The first-order valence-electron chi connectivity index (χ1n) is 6.17. The molecule has 0 aromatic carbocycles. The van der Waals surface area contributed by atoms with E-state index >= 15 is 0 Å². The van der Waals surface area contributed by atoms with E-state index in [1.165, 1.54) is 25.7 Å². The van der Waals surface area contributed by atoms with E-state index < -0.39 is 0 Å². The van der Waals surface area contributed by atoms with Crippen molar-refractivity contribution in [3.05, 3.63) is 23.9 Å². The second-order valence-electron chi connectivity index (χ2n) is 4.21. The van der Waals surface area contributed by atoms with Gasteiger partial charge in [0.2, 0.25) is 11.8 Å². The number of nitrogens with zero attached hydrogens (tertiary/aromatic N) is 2. The van der Waals surface area contributed by atoms with E-state index in [1.807, 2.05) is 0 Å². The van der Waals surface area contributed by atoms with Gasteiger partial charge in [-0.2, -0.15) is 4.98 Å². The maximum Gasteiger partial charge on any atom is 0.225 e. The van der Waals surface area contributed by atoms with E-state index in [-0.39, 0.29) is 0 Å². The van der Waals surface area contributed by atoms with Gasteiger partial charge in [0, 0.05) is 18.8 Å². The van der Waals surface area contributed by atoms with Gasteiger partial charge in [0.15, 0.2) is 0 Å². The molecule has 0 fully saturated rings. The van der Waals surface area contributed by atoms with Crippen molar-refractivity contribution in [3.8, 4) is 5.88 Å². The minimum absolute atomic E-state index is 0.597. The quantitative estimate of drug-likeness (QED) is 0.794. The number of methoxy groups -OCH3 is 1. The number of anilines is 1. The second-order valence-corrected chi connectivity index (χ2v) is 4.21. The molecular weight excluding hydrogens is 214 g/mol. The Morgan fingerprint density at radius 2 is 2.35 bits per heavy atom. The van der Waals surface area contributed by atoms with E-state index in [1.54, 1.807) is 24.9 Å². The summed E-state index contributed by atoms with van der Waals surface area (Å²) in [6.07, 6.45) is 10.3. The zero-order chi connectivity index (χ0) is 11.9. The van der Waals surface area contributed by atoms with Crippen molar-refractivity contribution < 1.29 is 4.74 Å². The molecule has 4 heteroatoms. The Hall–Kier alpha value is -1.58. The summed E-state index contributed by atoms with van der Waals surface area (Å²) in [6.45, 7) is 0.888. The monoisotopic (exact) mass is 233 g/mol. The minimum atomic E-state index is 0.597. The minimum Gasteiger partial charge on any atom is -0.481 e. The maximum absolute atomic E-state index is 5.05. The van der Waals surface area contributed by atoms with Crippen LogP contribution in [0.25, 0.3) is 0 Å². The van der Waals surface area contributed by atoms with Crippen LogP contribution in [-0.4, -0.2) is 23.6 Å². The van der Waals surface area contributed by atoms with Gasteiger partial charge < -0.3 is 10.1 Å². The molecule has 0 amide bonds. The Labute approximate surface area is 102 Å². The van der Waals surface area contributed by atoms with Gasteiger partial charge in [0.05, 0.1) is 7.11 Å². The molecule has 0 saturated heterocycles. The number of hydrogen-bond donors (Lipinski definition) is 1. The van der Waals surface area contributed by atoms with Gasteiger partial charge >= 0.3 is 0 Å². The number of allylic oxidation sites excluding steroid dienone is 1. The molecule has 1 aromatic rings. The number of hydrogen-bond acceptors (Lipinski definition) is 4. The highest BCUT2D eigenvalue weighted by atomic mass is 16.5. The molecule has 0 aliphatic heterocycles. The molecule has 1 heterocycles. The lowest BCUT2D eigenvalue weighted by Crippen LogP contribution is -2.07. The van der Waals surface area contributed by atoms with E-state index in [4.69, 9.17) is 4.74 Å². The van der Waals surface area contributed by atoms with Gasteiger partial charge in [0.25, 0.3) is 0 Å². The third kappa shape index (κ3) is 3.73. The summed E-state index contributed by atoms with van der Waals surface area (Å²) < 4.78 is 5.05. The molecule has 0 bridgehead atoms. The number of nitrogens with one attached hydrogen (secondary N) is 1. The van der Waals surface area contributed by atoms with Crippen LogP contribution in [-0.2, 0) is 0 Å². The van der Waals surface area contributed by atoms with Crippen LogP contribution in [0.15, 0.2) is 23.9 Å². The van der Waals surface area contributed by atoms with Gasteiger partial charge in [-0.15, -0.1) is 0 Å². The fraction of sp³-hybridized carbons (Fsp3) is 0.538. The van der Waals surface area contributed by atoms with Crippen LogP contribution in [0, 0.1) is 0 Å². The third-order valence-corrected chi connectivity index (χ3v) is 2.95. The lowest BCUT2D eigenvalue weighted by molar-refractivity contribution is 0.397. The average Bonchev–Trinajstić information content (AvgIpc) is 2.40. The molecule has 1 aromatic heterocycles. The van der Waals surface area contributed by atoms with Crippen LogP contribution in [0.5, 0.6) is 5.88 Å². The topological polar surface area (TPSA) is 47.0 Å². The SMILES string of the molecule is COc1ccnc(NCCC2=CCCCC2)n1. The van der Waals surface area contributed by atoms with Crippen molar-refractivity contribution in [3.63, 3.8) is 0 Å². The van der Waals surface area contributed by atoms with Gasteiger partial charge in [-0.05, 0) is 32.1 Å². The zero-order valence-corrected chi connectivity index (χ0v) is 10.3. The largest absolute Gasteiger partial charge is 0.481 e. The van der Waals surface area contributed by atoms with Gasteiger partial charge in [-0.1, -0.05) is 11.6 Å². The smallest absolute Gasteiger partial charge is 0.225 e. The predicted octanol–water partition coefficient (Wildman–Crippen LogP) is 2.79. The summed E-state index contributed by atoms with van der Waals surface area (Å²) in [4.78, 5) is 8.36. The van der Waals surface area contributed by atoms with Gasteiger partial charge in [0.1, 0.15) is 0 Å². The number of aromatic nitrogens is 2. The van der Waals surface area contributed by atoms with Crippen LogP contribution in [0.1, 0.15) is 32.1 Å². The standard InChI is InChI=1S/C13H19N3O/c1-17-12-8-10-15-13(16-12)14-9-7-11-5-3-2-4-6-11/h5,8,10H,2-4,6-7,9H2,1H3,(H,14,15,16). The summed E-state index contributed by atoms with van der Waals surface area (Å²) in [5.74, 6) is 1.24. The van der Waals surface area contributed by atoms with Crippen molar-refractivity contribution in [2.24, 2.45) is 0 Å².